The molecule has 0 radical (unpaired) electrons. The normalized spacial score (nSPS) is 21.6. The zero-order valence-corrected chi connectivity index (χ0v) is 18.5. The van der Waals surface area contributed by atoms with Crippen molar-refractivity contribution in [3.8, 4) is 0 Å². The van der Waals surface area contributed by atoms with Crippen molar-refractivity contribution in [3.63, 3.8) is 0 Å². The summed E-state index contributed by atoms with van der Waals surface area (Å²) in [5, 5.41) is 0. The largest absolute Gasteiger partial charge is 0.487 e. The van der Waals surface area contributed by atoms with Gasteiger partial charge < -0.3 is 18.9 Å². The Labute approximate surface area is 194 Å². The number of halogens is 1. The van der Waals surface area contributed by atoms with Gasteiger partial charge in [0, 0.05) is 6.42 Å². The van der Waals surface area contributed by atoms with Crippen molar-refractivity contribution in [2.45, 2.75) is 44.6 Å². The van der Waals surface area contributed by atoms with E-state index in [1.165, 1.54) is 0 Å². The molecule has 33 heavy (non-hydrogen) atoms. The van der Waals surface area contributed by atoms with Gasteiger partial charge in [-0.3, -0.25) is 0 Å². The Morgan fingerprint density at radius 3 is 1.79 bits per heavy atom. The molecule has 0 unspecified atom stereocenters. The Balaban J connectivity index is 1.45. The molecule has 3 aromatic carbocycles. The SMILES string of the molecule is F/C=C1\C[C@@H](OCc2ccccc2)[C@H](OCc2ccccc2)[C@@H](COCc2ccccc2)O1. The predicted molar refractivity (Wildman–Crippen MR) is 125 cm³/mol. The summed E-state index contributed by atoms with van der Waals surface area (Å²) < 4.78 is 37.9. The van der Waals surface area contributed by atoms with Crippen molar-refractivity contribution in [1.82, 2.24) is 0 Å². The number of hydrogen-bond acceptors (Lipinski definition) is 4. The van der Waals surface area contributed by atoms with Gasteiger partial charge in [-0.15, -0.1) is 0 Å². The monoisotopic (exact) mass is 448 g/mol. The van der Waals surface area contributed by atoms with Gasteiger partial charge in [0.2, 0.25) is 0 Å². The van der Waals surface area contributed by atoms with E-state index in [0.717, 1.165) is 16.7 Å². The third-order valence-corrected chi connectivity index (χ3v) is 5.55. The molecule has 3 aromatic rings. The fourth-order valence-corrected chi connectivity index (χ4v) is 3.84. The summed E-state index contributed by atoms with van der Waals surface area (Å²) in [6.45, 7) is 1.52. The highest BCUT2D eigenvalue weighted by atomic mass is 19.1. The molecule has 1 aliphatic heterocycles. The Kier molecular flexibility index (Phi) is 8.64. The van der Waals surface area contributed by atoms with E-state index in [9.17, 15) is 4.39 Å². The standard InChI is InChI=1S/C28H29FO4/c29-17-25-16-26(31-19-23-12-6-2-7-13-23)28(32-20-24-14-8-3-9-15-24)27(33-25)21-30-18-22-10-4-1-5-11-22/h1-15,17,26-28H,16,18-21H2/b25-17+/t26-,27-,28+/m1/s1. The molecule has 0 spiro atoms. The van der Waals surface area contributed by atoms with Crippen molar-refractivity contribution >= 4 is 0 Å². The number of benzene rings is 3. The molecule has 0 aliphatic carbocycles. The molecule has 1 saturated heterocycles. The molecule has 3 atom stereocenters. The summed E-state index contributed by atoms with van der Waals surface area (Å²) in [6.07, 6.45) is -0.452. The van der Waals surface area contributed by atoms with Crippen molar-refractivity contribution < 1.29 is 23.3 Å². The van der Waals surface area contributed by atoms with Gasteiger partial charge in [0.1, 0.15) is 18.2 Å². The predicted octanol–water partition coefficient (Wildman–Crippen LogP) is 5.97. The average molecular weight is 449 g/mol. The lowest BCUT2D eigenvalue weighted by Gasteiger charge is -2.38. The van der Waals surface area contributed by atoms with Crippen molar-refractivity contribution in [3.05, 3.63) is 120 Å². The molecule has 1 aliphatic rings. The molecule has 4 nitrogen and oxygen atoms in total. The lowest BCUT2D eigenvalue weighted by atomic mass is 10.00. The van der Waals surface area contributed by atoms with Crippen molar-refractivity contribution in [1.29, 1.82) is 0 Å². The quantitative estimate of drug-likeness (QED) is 0.383. The van der Waals surface area contributed by atoms with Gasteiger partial charge >= 0.3 is 0 Å². The summed E-state index contributed by atoms with van der Waals surface area (Å²) in [7, 11) is 0. The van der Waals surface area contributed by atoms with Crippen LogP contribution in [0.3, 0.4) is 0 Å². The van der Waals surface area contributed by atoms with Crippen LogP contribution < -0.4 is 0 Å². The highest BCUT2D eigenvalue weighted by Crippen LogP contribution is 2.30. The molecule has 0 bridgehead atoms. The van der Waals surface area contributed by atoms with Crippen LogP contribution in [0.5, 0.6) is 0 Å². The number of hydrogen-bond donors (Lipinski definition) is 0. The molecule has 172 valence electrons. The molecule has 1 fully saturated rings. The van der Waals surface area contributed by atoms with Gasteiger partial charge in [0.15, 0.2) is 6.10 Å². The summed E-state index contributed by atoms with van der Waals surface area (Å²) in [5.41, 5.74) is 3.16. The maximum atomic E-state index is 13.5. The van der Waals surface area contributed by atoms with E-state index < -0.39 is 12.2 Å². The first-order chi connectivity index (χ1) is 16.3. The smallest absolute Gasteiger partial charge is 0.150 e. The van der Waals surface area contributed by atoms with E-state index >= 15 is 0 Å². The number of rotatable bonds is 10. The maximum absolute atomic E-state index is 13.5. The highest BCUT2D eigenvalue weighted by molar-refractivity contribution is 5.15. The molecular formula is C28H29FO4. The van der Waals surface area contributed by atoms with Crippen molar-refractivity contribution in [2.24, 2.45) is 0 Å². The lowest BCUT2D eigenvalue weighted by Crippen LogP contribution is -2.48. The number of ether oxygens (including phenoxy) is 4. The Bertz CT molecular complexity index is 979. The minimum absolute atomic E-state index is 0.251. The molecule has 0 amide bonds. The topological polar surface area (TPSA) is 36.9 Å². The molecule has 5 heteroatoms. The summed E-state index contributed by atoms with van der Waals surface area (Å²) in [4.78, 5) is 0. The first-order valence-electron chi connectivity index (χ1n) is 11.2. The van der Waals surface area contributed by atoms with E-state index in [1.807, 2.05) is 91.0 Å². The van der Waals surface area contributed by atoms with Crippen LogP contribution in [0.1, 0.15) is 23.1 Å². The average Bonchev–Trinajstić information content (AvgIpc) is 2.88. The zero-order valence-electron chi connectivity index (χ0n) is 18.5. The maximum Gasteiger partial charge on any atom is 0.150 e. The Morgan fingerprint density at radius 2 is 1.24 bits per heavy atom. The molecule has 0 aromatic heterocycles. The summed E-state index contributed by atoms with van der Waals surface area (Å²) >= 11 is 0. The second-order valence-corrected chi connectivity index (χ2v) is 8.03. The van der Waals surface area contributed by atoms with Crippen molar-refractivity contribution in [2.75, 3.05) is 6.61 Å². The minimum atomic E-state index is -0.492. The lowest BCUT2D eigenvalue weighted by molar-refractivity contribution is -0.179. The van der Waals surface area contributed by atoms with Crippen LogP contribution in [0.2, 0.25) is 0 Å². The summed E-state index contributed by atoms with van der Waals surface area (Å²) in [6, 6.07) is 29.8. The van der Waals surface area contributed by atoms with E-state index in [-0.39, 0.29) is 18.5 Å². The first-order valence-corrected chi connectivity index (χ1v) is 11.2. The van der Waals surface area contributed by atoms with Crippen LogP contribution in [0.25, 0.3) is 0 Å². The molecular weight excluding hydrogens is 419 g/mol. The molecule has 1 heterocycles. The Hall–Kier alpha value is -2.99. The first kappa shape index (κ1) is 23.2. The van der Waals surface area contributed by atoms with Crippen LogP contribution in [-0.4, -0.2) is 24.9 Å². The van der Waals surface area contributed by atoms with Gasteiger partial charge in [-0.1, -0.05) is 91.0 Å². The van der Waals surface area contributed by atoms with Crippen LogP contribution in [0.4, 0.5) is 4.39 Å². The third-order valence-electron chi connectivity index (χ3n) is 5.55. The van der Waals surface area contributed by atoms with E-state index in [0.29, 0.717) is 32.6 Å². The second-order valence-electron chi connectivity index (χ2n) is 8.03. The van der Waals surface area contributed by atoms with Gasteiger partial charge in [-0.2, -0.15) is 0 Å². The van der Waals surface area contributed by atoms with Gasteiger partial charge in [0.05, 0.1) is 32.5 Å². The fourth-order valence-electron chi connectivity index (χ4n) is 3.84. The minimum Gasteiger partial charge on any atom is -0.487 e. The van der Waals surface area contributed by atoms with Crippen LogP contribution >= 0.6 is 0 Å². The molecule has 4 rings (SSSR count). The molecule has 0 N–H and O–H groups in total. The third kappa shape index (κ3) is 6.99. The van der Waals surface area contributed by atoms with Crippen LogP contribution in [-0.2, 0) is 38.8 Å². The second kappa shape index (κ2) is 12.3. The van der Waals surface area contributed by atoms with E-state index in [4.69, 9.17) is 18.9 Å². The van der Waals surface area contributed by atoms with Gasteiger partial charge in [-0.05, 0) is 16.7 Å². The molecule has 0 saturated carbocycles. The van der Waals surface area contributed by atoms with Crippen LogP contribution in [0.15, 0.2) is 103 Å². The zero-order chi connectivity index (χ0) is 22.7. The van der Waals surface area contributed by atoms with E-state index in [1.54, 1.807) is 0 Å². The van der Waals surface area contributed by atoms with E-state index in [2.05, 4.69) is 0 Å². The highest BCUT2D eigenvalue weighted by Gasteiger charge is 2.39. The fraction of sp³-hybridized carbons (Fsp3) is 0.286. The van der Waals surface area contributed by atoms with Gasteiger partial charge in [0.25, 0.3) is 0 Å². The summed E-state index contributed by atoms with van der Waals surface area (Å²) in [5.74, 6) is 0.251. The van der Waals surface area contributed by atoms with Crippen LogP contribution in [0, 0.1) is 0 Å². The van der Waals surface area contributed by atoms with Gasteiger partial charge in [-0.25, -0.2) is 4.39 Å². The Morgan fingerprint density at radius 1 is 0.727 bits per heavy atom.